The Morgan fingerprint density at radius 2 is 2.18 bits per heavy atom. The third-order valence-electron chi connectivity index (χ3n) is 2.82. The Balaban J connectivity index is 2.20. The van der Waals surface area contributed by atoms with Crippen molar-refractivity contribution >= 4 is 17.3 Å². The smallest absolute Gasteiger partial charge is 0.276 e. The first kappa shape index (κ1) is 11.6. The van der Waals surface area contributed by atoms with Crippen LogP contribution in [-0.4, -0.2) is 22.5 Å². The minimum atomic E-state index is -0.399. The van der Waals surface area contributed by atoms with E-state index in [4.69, 9.17) is 0 Å². The van der Waals surface area contributed by atoms with Crippen molar-refractivity contribution in [2.24, 2.45) is 5.92 Å². The van der Waals surface area contributed by atoms with Crippen molar-refractivity contribution in [2.45, 2.75) is 26.3 Å². The Morgan fingerprint density at radius 1 is 1.53 bits per heavy atom. The fraction of sp³-hybridized carbons (Fsp3) is 0.545. The summed E-state index contributed by atoms with van der Waals surface area (Å²) >= 11 is 0. The van der Waals surface area contributed by atoms with Crippen LogP contribution in [0.15, 0.2) is 12.1 Å². The molecule has 0 aromatic carbocycles. The zero-order valence-electron chi connectivity index (χ0n) is 9.93. The summed E-state index contributed by atoms with van der Waals surface area (Å²) < 4.78 is 0. The fourth-order valence-electron chi connectivity index (χ4n) is 1.68. The molecule has 92 valence electrons. The molecule has 6 nitrogen and oxygen atoms in total. The first-order valence-electron chi connectivity index (χ1n) is 5.77. The quantitative estimate of drug-likeness (QED) is 0.605. The monoisotopic (exact) mass is 236 g/mol. The molecule has 1 aliphatic carbocycles. The van der Waals surface area contributed by atoms with Crippen LogP contribution in [0.3, 0.4) is 0 Å². The minimum absolute atomic E-state index is 0.0618. The molecule has 17 heavy (non-hydrogen) atoms. The zero-order valence-corrected chi connectivity index (χ0v) is 9.93. The van der Waals surface area contributed by atoms with Gasteiger partial charge in [-0.05, 0) is 19.3 Å². The molecule has 1 fully saturated rings. The summed E-state index contributed by atoms with van der Waals surface area (Å²) in [5.41, 5.74) is 0.0618. The summed E-state index contributed by atoms with van der Waals surface area (Å²) in [5.74, 6) is 1.74. The number of nitrogens with one attached hydrogen (secondary N) is 2. The first-order valence-corrected chi connectivity index (χ1v) is 5.77. The van der Waals surface area contributed by atoms with Crippen LogP contribution in [0.4, 0.5) is 17.3 Å². The van der Waals surface area contributed by atoms with Gasteiger partial charge >= 0.3 is 0 Å². The molecule has 2 atom stereocenters. The molecular formula is C11H16N4O2. The third-order valence-corrected chi connectivity index (χ3v) is 2.82. The van der Waals surface area contributed by atoms with Gasteiger partial charge in [0, 0.05) is 12.6 Å². The Labute approximate surface area is 99.6 Å². The standard InChI is InChI=1S/C11H16N4O2/c1-3-12-10-5-8(15(16)17)6-11(14-10)13-9-4-7(9)2/h5-7,9H,3-4H2,1-2H3,(H2,12,13,14). The van der Waals surface area contributed by atoms with Crippen molar-refractivity contribution < 1.29 is 4.92 Å². The summed E-state index contributed by atoms with van der Waals surface area (Å²) in [6.45, 7) is 4.75. The largest absolute Gasteiger partial charge is 0.370 e. The average Bonchev–Trinajstić information content (AvgIpc) is 2.94. The molecule has 6 heteroatoms. The van der Waals surface area contributed by atoms with Crippen LogP contribution in [0.5, 0.6) is 0 Å². The van der Waals surface area contributed by atoms with Crippen molar-refractivity contribution in [1.29, 1.82) is 0 Å². The lowest BCUT2D eigenvalue weighted by atomic mass is 10.3. The summed E-state index contributed by atoms with van der Waals surface area (Å²) in [6.07, 6.45) is 1.10. The fourth-order valence-corrected chi connectivity index (χ4v) is 1.68. The lowest BCUT2D eigenvalue weighted by Gasteiger charge is -2.07. The maximum absolute atomic E-state index is 10.8. The predicted molar refractivity (Wildman–Crippen MR) is 66.2 cm³/mol. The minimum Gasteiger partial charge on any atom is -0.370 e. The van der Waals surface area contributed by atoms with Gasteiger partial charge in [0.1, 0.15) is 11.6 Å². The number of hydrogen-bond acceptors (Lipinski definition) is 5. The highest BCUT2D eigenvalue weighted by molar-refractivity contribution is 5.55. The molecule has 0 radical (unpaired) electrons. The maximum atomic E-state index is 10.8. The lowest BCUT2D eigenvalue weighted by molar-refractivity contribution is -0.384. The van der Waals surface area contributed by atoms with E-state index in [-0.39, 0.29) is 5.69 Å². The normalized spacial score (nSPS) is 22.0. The second-order valence-electron chi connectivity index (χ2n) is 4.35. The Hall–Kier alpha value is -1.85. The molecule has 0 amide bonds. The lowest BCUT2D eigenvalue weighted by Crippen LogP contribution is -2.08. The first-order chi connectivity index (χ1) is 8.10. The summed E-state index contributed by atoms with van der Waals surface area (Å²) in [4.78, 5) is 14.7. The number of aromatic nitrogens is 1. The Kier molecular flexibility index (Phi) is 3.12. The van der Waals surface area contributed by atoms with E-state index in [2.05, 4.69) is 22.5 Å². The van der Waals surface area contributed by atoms with Crippen molar-refractivity contribution in [3.05, 3.63) is 22.2 Å². The van der Waals surface area contributed by atoms with Crippen LogP contribution in [0, 0.1) is 16.0 Å². The molecule has 1 heterocycles. The van der Waals surface area contributed by atoms with Crippen LogP contribution in [0.1, 0.15) is 20.3 Å². The summed E-state index contributed by atoms with van der Waals surface area (Å²) in [6, 6.07) is 3.33. The molecule has 1 aliphatic rings. The van der Waals surface area contributed by atoms with Crippen LogP contribution < -0.4 is 10.6 Å². The highest BCUT2D eigenvalue weighted by Gasteiger charge is 2.33. The average molecular weight is 236 g/mol. The molecular weight excluding hydrogens is 220 g/mol. The van der Waals surface area contributed by atoms with E-state index >= 15 is 0 Å². The topological polar surface area (TPSA) is 80.1 Å². The van der Waals surface area contributed by atoms with Crippen molar-refractivity contribution in [3.8, 4) is 0 Å². The van der Waals surface area contributed by atoms with E-state index in [0.29, 0.717) is 30.1 Å². The molecule has 1 saturated carbocycles. The van der Waals surface area contributed by atoms with Crippen molar-refractivity contribution in [1.82, 2.24) is 4.98 Å². The van der Waals surface area contributed by atoms with Gasteiger partial charge < -0.3 is 10.6 Å². The van der Waals surface area contributed by atoms with E-state index < -0.39 is 4.92 Å². The van der Waals surface area contributed by atoms with Gasteiger partial charge in [0.2, 0.25) is 0 Å². The van der Waals surface area contributed by atoms with Gasteiger partial charge in [-0.2, -0.15) is 0 Å². The SMILES string of the molecule is CCNc1cc([N+](=O)[O-])cc(NC2CC2C)n1. The Bertz CT molecular complexity index is 435. The van der Waals surface area contributed by atoms with Crippen LogP contribution in [0.2, 0.25) is 0 Å². The van der Waals surface area contributed by atoms with Gasteiger partial charge in [-0.1, -0.05) is 6.92 Å². The van der Waals surface area contributed by atoms with Crippen molar-refractivity contribution in [2.75, 3.05) is 17.2 Å². The number of pyridine rings is 1. The number of anilines is 2. The summed E-state index contributed by atoms with van der Waals surface area (Å²) in [7, 11) is 0. The van der Waals surface area contributed by atoms with Crippen LogP contribution >= 0.6 is 0 Å². The molecule has 2 unspecified atom stereocenters. The number of hydrogen-bond donors (Lipinski definition) is 2. The summed E-state index contributed by atoms with van der Waals surface area (Å²) in [5, 5.41) is 17.0. The van der Waals surface area contributed by atoms with Gasteiger partial charge in [-0.25, -0.2) is 4.98 Å². The molecule has 2 rings (SSSR count). The molecule has 2 N–H and O–H groups in total. The highest BCUT2D eigenvalue weighted by atomic mass is 16.6. The van der Waals surface area contributed by atoms with Crippen LogP contribution in [0.25, 0.3) is 0 Å². The van der Waals surface area contributed by atoms with Gasteiger partial charge in [0.05, 0.1) is 17.1 Å². The number of rotatable bonds is 5. The molecule has 0 aliphatic heterocycles. The second kappa shape index (κ2) is 4.57. The van der Waals surface area contributed by atoms with Crippen molar-refractivity contribution in [3.63, 3.8) is 0 Å². The zero-order chi connectivity index (χ0) is 12.4. The van der Waals surface area contributed by atoms with Crippen LogP contribution in [-0.2, 0) is 0 Å². The van der Waals surface area contributed by atoms with Gasteiger partial charge in [0.25, 0.3) is 5.69 Å². The van der Waals surface area contributed by atoms with Gasteiger partial charge in [0.15, 0.2) is 0 Å². The Morgan fingerprint density at radius 3 is 2.71 bits per heavy atom. The van der Waals surface area contributed by atoms with E-state index in [0.717, 1.165) is 6.42 Å². The molecule has 0 bridgehead atoms. The molecule has 0 spiro atoms. The van der Waals surface area contributed by atoms with Gasteiger partial charge in [-0.15, -0.1) is 0 Å². The highest BCUT2D eigenvalue weighted by Crippen LogP contribution is 2.33. The molecule has 0 saturated heterocycles. The molecule has 1 aromatic rings. The van der Waals surface area contributed by atoms with E-state index in [1.165, 1.54) is 12.1 Å². The molecule has 1 aromatic heterocycles. The third kappa shape index (κ3) is 2.83. The number of nitro groups is 1. The van der Waals surface area contributed by atoms with Gasteiger partial charge in [-0.3, -0.25) is 10.1 Å². The number of nitrogens with zero attached hydrogens (tertiary/aromatic N) is 2. The predicted octanol–water partition coefficient (Wildman–Crippen LogP) is 2.24. The van der Waals surface area contributed by atoms with E-state index in [1.807, 2.05) is 6.92 Å². The van der Waals surface area contributed by atoms with E-state index in [1.54, 1.807) is 0 Å². The maximum Gasteiger partial charge on any atom is 0.276 e. The second-order valence-corrected chi connectivity index (χ2v) is 4.35. The van der Waals surface area contributed by atoms with E-state index in [9.17, 15) is 10.1 Å².